The van der Waals surface area contributed by atoms with E-state index in [0.29, 0.717) is 12.0 Å². The predicted molar refractivity (Wildman–Crippen MR) is 51.3 cm³/mol. The van der Waals surface area contributed by atoms with Crippen molar-refractivity contribution in [1.82, 2.24) is 5.32 Å². The molecule has 0 unspecified atom stereocenters. The molecule has 1 aromatic rings. The van der Waals surface area contributed by atoms with Crippen LogP contribution in [0.2, 0.25) is 0 Å². The number of carbonyl (C=O) groups excluding carboxylic acids is 1. The van der Waals surface area contributed by atoms with Gasteiger partial charge in [0.05, 0.1) is 6.04 Å². The predicted octanol–water partition coefficient (Wildman–Crippen LogP) is 2.09. The van der Waals surface area contributed by atoms with Crippen LogP contribution in [0.25, 0.3) is 0 Å². The highest BCUT2D eigenvalue weighted by molar-refractivity contribution is 5.78. The molecule has 1 fully saturated rings. The summed E-state index contributed by atoms with van der Waals surface area (Å²) in [5.41, 5.74) is 1.50. The van der Waals surface area contributed by atoms with Gasteiger partial charge in [-0.2, -0.15) is 0 Å². The Kier molecular flexibility index (Phi) is 2.23. The quantitative estimate of drug-likeness (QED) is 0.727. The largest absolute Gasteiger partial charge is 0.349 e. The number of hydrogen-bond donors (Lipinski definition) is 1. The molecule has 1 aliphatic rings. The van der Waals surface area contributed by atoms with E-state index < -0.39 is 0 Å². The first-order chi connectivity index (χ1) is 6.66. The molecule has 1 saturated heterocycles. The van der Waals surface area contributed by atoms with Gasteiger partial charge in [0.25, 0.3) is 0 Å². The lowest BCUT2D eigenvalue weighted by atomic mass is 10.0. The zero-order valence-corrected chi connectivity index (χ0v) is 8.01. The van der Waals surface area contributed by atoms with Crippen LogP contribution in [0.3, 0.4) is 0 Å². The fourth-order valence-corrected chi connectivity index (χ4v) is 1.69. The molecule has 3 heteroatoms. The van der Waals surface area contributed by atoms with Gasteiger partial charge in [-0.05, 0) is 30.5 Å². The van der Waals surface area contributed by atoms with E-state index in [0.717, 1.165) is 12.0 Å². The Morgan fingerprint density at radius 2 is 2.29 bits per heavy atom. The van der Waals surface area contributed by atoms with Crippen LogP contribution in [0.5, 0.6) is 0 Å². The normalized spacial score (nSPS) is 21.0. The van der Waals surface area contributed by atoms with Crippen molar-refractivity contribution < 1.29 is 9.18 Å². The maximum Gasteiger partial charge on any atom is 0.220 e. The summed E-state index contributed by atoms with van der Waals surface area (Å²) in [4.78, 5) is 11.0. The highest BCUT2D eigenvalue weighted by Crippen LogP contribution is 2.24. The van der Waals surface area contributed by atoms with Crippen LogP contribution in [0.4, 0.5) is 4.39 Å². The minimum absolute atomic E-state index is 0.00222. The Morgan fingerprint density at radius 1 is 1.50 bits per heavy atom. The summed E-state index contributed by atoms with van der Waals surface area (Å²) >= 11 is 0. The molecule has 1 heterocycles. The Morgan fingerprint density at radius 3 is 2.86 bits per heavy atom. The number of rotatable bonds is 1. The minimum Gasteiger partial charge on any atom is -0.349 e. The lowest BCUT2D eigenvalue weighted by molar-refractivity contribution is -0.119. The van der Waals surface area contributed by atoms with Gasteiger partial charge in [0, 0.05) is 6.42 Å². The number of benzene rings is 1. The molecular weight excluding hydrogens is 181 g/mol. The first kappa shape index (κ1) is 9.19. The van der Waals surface area contributed by atoms with Gasteiger partial charge in [-0.25, -0.2) is 4.39 Å². The Labute approximate surface area is 82.1 Å². The van der Waals surface area contributed by atoms with Crippen molar-refractivity contribution in [3.63, 3.8) is 0 Å². The third kappa shape index (κ3) is 1.62. The average Bonchev–Trinajstić information content (AvgIpc) is 2.57. The molecule has 2 rings (SSSR count). The van der Waals surface area contributed by atoms with E-state index in [1.807, 2.05) is 6.07 Å². The summed E-state index contributed by atoms with van der Waals surface area (Å²) < 4.78 is 13.2. The van der Waals surface area contributed by atoms with Gasteiger partial charge in [-0.15, -0.1) is 0 Å². The molecule has 1 aromatic carbocycles. The van der Waals surface area contributed by atoms with Crippen molar-refractivity contribution >= 4 is 5.91 Å². The van der Waals surface area contributed by atoms with Crippen LogP contribution >= 0.6 is 0 Å². The van der Waals surface area contributed by atoms with Crippen LogP contribution in [-0.4, -0.2) is 5.91 Å². The third-order valence-corrected chi connectivity index (χ3v) is 2.59. The van der Waals surface area contributed by atoms with Crippen molar-refractivity contribution in [3.05, 3.63) is 35.1 Å². The summed E-state index contributed by atoms with van der Waals surface area (Å²) in [7, 11) is 0. The molecular formula is C11H12FNO. The molecule has 1 amide bonds. The zero-order valence-electron chi connectivity index (χ0n) is 8.01. The average molecular weight is 193 g/mol. The molecule has 1 aliphatic heterocycles. The molecule has 2 nitrogen and oxygen atoms in total. The van der Waals surface area contributed by atoms with Crippen LogP contribution in [-0.2, 0) is 4.79 Å². The zero-order chi connectivity index (χ0) is 10.1. The standard InChI is InChI=1S/C11H12FNO/c1-7-2-3-8(6-9(7)12)10-4-5-11(14)13-10/h2-3,6,10H,4-5H2,1H3,(H,13,14)/t10-/m1/s1. The van der Waals surface area contributed by atoms with E-state index in [9.17, 15) is 9.18 Å². The smallest absolute Gasteiger partial charge is 0.220 e. The number of hydrogen-bond acceptors (Lipinski definition) is 1. The van der Waals surface area contributed by atoms with Crippen LogP contribution < -0.4 is 5.32 Å². The van der Waals surface area contributed by atoms with Gasteiger partial charge in [-0.1, -0.05) is 12.1 Å². The van der Waals surface area contributed by atoms with Crippen molar-refractivity contribution in [1.29, 1.82) is 0 Å². The van der Waals surface area contributed by atoms with Gasteiger partial charge in [0.15, 0.2) is 0 Å². The molecule has 14 heavy (non-hydrogen) atoms. The van der Waals surface area contributed by atoms with Crippen molar-refractivity contribution in [2.45, 2.75) is 25.8 Å². The van der Waals surface area contributed by atoms with Gasteiger partial charge in [0.1, 0.15) is 5.82 Å². The highest BCUT2D eigenvalue weighted by atomic mass is 19.1. The fraction of sp³-hybridized carbons (Fsp3) is 0.364. The third-order valence-electron chi connectivity index (χ3n) is 2.59. The SMILES string of the molecule is Cc1ccc([C@H]2CCC(=O)N2)cc1F. The summed E-state index contributed by atoms with van der Waals surface area (Å²) in [5, 5.41) is 2.81. The van der Waals surface area contributed by atoms with Gasteiger partial charge < -0.3 is 5.32 Å². The van der Waals surface area contributed by atoms with Crippen LogP contribution in [0.15, 0.2) is 18.2 Å². The number of amides is 1. The first-order valence-electron chi connectivity index (χ1n) is 4.72. The minimum atomic E-state index is -0.205. The van der Waals surface area contributed by atoms with E-state index in [2.05, 4.69) is 5.32 Å². The second kappa shape index (κ2) is 3.40. The maximum absolute atomic E-state index is 13.2. The molecule has 0 spiro atoms. The molecule has 0 aromatic heterocycles. The summed E-state index contributed by atoms with van der Waals surface area (Å²) in [5.74, 6) is -0.153. The molecule has 0 radical (unpaired) electrons. The Bertz CT molecular complexity index is 376. The van der Waals surface area contributed by atoms with E-state index in [1.165, 1.54) is 6.07 Å². The number of carbonyl (C=O) groups is 1. The molecule has 0 aliphatic carbocycles. The second-order valence-corrected chi connectivity index (χ2v) is 3.67. The van der Waals surface area contributed by atoms with Crippen LogP contribution in [0, 0.1) is 12.7 Å². The van der Waals surface area contributed by atoms with Gasteiger partial charge in [0.2, 0.25) is 5.91 Å². The number of halogens is 1. The van der Waals surface area contributed by atoms with Crippen LogP contribution in [0.1, 0.15) is 30.0 Å². The summed E-state index contributed by atoms with van der Waals surface area (Å²) in [6, 6.07) is 5.12. The highest BCUT2D eigenvalue weighted by Gasteiger charge is 2.22. The maximum atomic E-state index is 13.2. The Hall–Kier alpha value is -1.38. The van der Waals surface area contributed by atoms with E-state index in [-0.39, 0.29) is 17.8 Å². The molecule has 74 valence electrons. The number of nitrogens with one attached hydrogen (secondary N) is 1. The Balaban J connectivity index is 2.24. The fourth-order valence-electron chi connectivity index (χ4n) is 1.69. The number of aryl methyl sites for hydroxylation is 1. The van der Waals surface area contributed by atoms with Crippen molar-refractivity contribution in [3.8, 4) is 0 Å². The lowest BCUT2D eigenvalue weighted by Gasteiger charge is -2.10. The lowest BCUT2D eigenvalue weighted by Crippen LogP contribution is -2.18. The summed E-state index contributed by atoms with van der Waals surface area (Å²) in [6.07, 6.45) is 1.31. The van der Waals surface area contributed by atoms with E-state index in [1.54, 1.807) is 13.0 Å². The topological polar surface area (TPSA) is 29.1 Å². The van der Waals surface area contributed by atoms with Gasteiger partial charge >= 0.3 is 0 Å². The van der Waals surface area contributed by atoms with E-state index >= 15 is 0 Å². The van der Waals surface area contributed by atoms with Crippen molar-refractivity contribution in [2.24, 2.45) is 0 Å². The molecule has 0 saturated carbocycles. The molecule has 1 N–H and O–H groups in total. The van der Waals surface area contributed by atoms with E-state index in [4.69, 9.17) is 0 Å². The van der Waals surface area contributed by atoms with Gasteiger partial charge in [-0.3, -0.25) is 4.79 Å². The monoisotopic (exact) mass is 193 g/mol. The first-order valence-corrected chi connectivity index (χ1v) is 4.72. The molecule has 1 atom stereocenters. The molecule has 0 bridgehead atoms. The second-order valence-electron chi connectivity index (χ2n) is 3.67. The van der Waals surface area contributed by atoms with Crippen molar-refractivity contribution in [2.75, 3.05) is 0 Å². The summed E-state index contributed by atoms with van der Waals surface area (Å²) in [6.45, 7) is 1.73.